The predicted molar refractivity (Wildman–Crippen MR) is 116 cm³/mol. The van der Waals surface area contributed by atoms with Gasteiger partial charge in [-0.25, -0.2) is 13.4 Å². The van der Waals surface area contributed by atoms with Gasteiger partial charge in [-0.1, -0.05) is 6.07 Å². The molecule has 5 heterocycles. The zero-order chi connectivity index (χ0) is 21.8. The second-order valence-corrected chi connectivity index (χ2v) is 9.68. The molecular weight excluding hydrogens is 414 g/mol. The van der Waals surface area contributed by atoms with Gasteiger partial charge in [-0.3, -0.25) is 14.6 Å². The molecule has 1 aliphatic rings. The number of H-pyrrole nitrogens is 1. The van der Waals surface area contributed by atoms with Gasteiger partial charge in [0, 0.05) is 30.7 Å². The van der Waals surface area contributed by atoms with Crippen LogP contribution in [0.15, 0.2) is 42.7 Å². The van der Waals surface area contributed by atoms with Crippen LogP contribution in [0.25, 0.3) is 34.0 Å². The summed E-state index contributed by atoms with van der Waals surface area (Å²) in [5.41, 5.74) is 6.66. The van der Waals surface area contributed by atoms with Crippen molar-refractivity contribution in [2.24, 2.45) is 7.05 Å². The second kappa shape index (κ2) is 7.10. The normalized spacial score (nSPS) is 14.2. The first kappa shape index (κ1) is 19.6. The summed E-state index contributed by atoms with van der Waals surface area (Å²) >= 11 is 0. The molecule has 10 heteroatoms. The van der Waals surface area contributed by atoms with Crippen molar-refractivity contribution in [2.75, 3.05) is 6.26 Å². The molecule has 0 unspecified atom stereocenters. The molecule has 4 aromatic heterocycles. The van der Waals surface area contributed by atoms with Crippen LogP contribution in [0.5, 0.6) is 0 Å². The van der Waals surface area contributed by atoms with E-state index in [1.807, 2.05) is 50.5 Å². The number of nitrogens with one attached hydrogen (secondary N) is 1. The van der Waals surface area contributed by atoms with Crippen molar-refractivity contribution >= 4 is 10.0 Å². The molecule has 0 atom stereocenters. The lowest BCUT2D eigenvalue weighted by Gasteiger charge is -2.11. The maximum absolute atomic E-state index is 11.8. The van der Waals surface area contributed by atoms with Crippen LogP contribution < -0.4 is 0 Å². The van der Waals surface area contributed by atoms with Crippen LogP contribution in [0.2, 0.25) is 0 Å². The van der Waals surface area contributed by atoms with Crippen LogP contribution in [-0.4, -0.2) is 48.7 Å². The van der Waals surface area contributed by atoms with E-state index in [1.54, 1.807) is 10.9 Å². The summed E-state index contributed by atoms with van der Waals surface area (Å²) in [4.78, 5) is 16.9. The van der Waals surface area contributed by atoms with Gasteiger partial charge >= 0.3 is 0 Å². The lowest BCUT2D eigenvalue weighted by atomic mass is 10.0. The Morgan fingerprint density at radius 3 is 2.68 bits per heavy atom. The quantitative estimate of drug-likeness (QED) is 0.527. The lowest BCUT2D eigenvalue weighted by Crippen LogP contribution is -2.24. The van der Waals surface area contributed by atoms with Gasteiger partial charge < -0.3 is 4.98 Å². The molecule has 31 heavy (non-hydrogen) atoms. The molecule has 0 bridgehead atoms. The summed E-state index contributed by atoms with van der Waals surface area (Å²) in [6.07, 6.45) is 4.91. The Morgan fingerprint density at radius 1 is 1.10 bits per heavy atom. The Kier molecular flexibility index (Phi) is 4.49. The molecule has 0 radical (unpaired) electrons. The van der Waals surface area contributed by atoms with E-state index >= 15 is 0 Å². The van der Waals surface area contributed by atoms with Crippen molar-refractivity contribution in [3.05, 3.63) is 59.8 Å². The highest BCUT2D eigenvalue weighted by atomic mass is 32.2. The molecule has 0 aliphatic carbocycles. The van der Waals surface area contributed by atoms with E-state index in [4.69, 9.17) is 0 Å². The van der Waals surface area contributed by atoms with Crippen molar-refractivity contribution in [2.45, 2.75) is 20.0 Å². The number of rotatable bonds is 4. The number of aromatic nitrogens is 6. The van der Waals surface area contributed by atoms with E-state index in [-0.39, 0.29) is 6.54 Å². The van der Waals surface area contributed by atoms with E-state index in [2.05, 4.69) is 25.0 Å². The third kappa shape index (κ3) is 3.64. The van der Waals surface area contributed by atoms with Crippen LogP contribution >= 0.6 is 0 Å². The van der Waals surface area contributed by atoms with Gasteiger partial charge in [0.25, 0.3) is 0 Å². The first-order chi connectivity index (χ1) is 14.8. The van der Waals surface area contributed by atoms with Crippen molar-refractivity contribution in [3.63, 3.8) is 0 Å². The predicted octanol–water partition coefficient (Wildman–Crippen LogP) is 2.52. The monoisotopic (exact) mass is 435 g/mol. The number of aromatic amines is 1. The zero-order valence-corrected chi connectivity index (χ0v) is 18.2. The van der Waals surface area contributed by atoms with Crippen molar-refractivity contribution in [3.8, 4) is 34.0 Å². The van der Waals surface area contributed by atoms with Gasteiger partial charge in [0.1, 0.15) is 11.4 Å². The molecule has 0 saturated carbocycles. The van der Waals surface area contributed by atoms with E-state index in [0.29, 0.717) is 18.1 Å². The van der Waals surface area contributed by atoms with E-state index in [0.717, 1.165) is 39.6 Å². The highest BCUT2D eigenvalue weighted by Gasteiger charge is 2.29. The highest BCUT2D eigenvalue weighted by molar-refractivity contribution is 7.88. The second-order valence-electron chi connectivity index (χ2n) is 7.70. The minimum Gasteiger partial charge on any atom is -0.339 e. The number of fused-ring (bicyclic) bond motifs is 1. The minimum absolute atomic E-state index is 0.274. The zero-order valence-electron chi connectivity index (χ0n) is 17.4. The number of aryl methyl sites for hydroxylation is 2. The molecule has 0 aromatic carbocycles. The van der Waals surface area contributed by atoms with Gasteiger partial charge in [0.2, 0.25) is 10.0 Å². The van der Waals surface area contributed by atoms with Gasteiger partial charge in [-0.2, -0.15) is 9.40 Å². The number of hydrogen-bond acceptors (Lipinski definition) is 6. The molecule has 4 aromatic rings. The molecule has 158 valence electrons. The molecule has 0 saturated heterocycles. The molecule has 0 amide bonds. The number of pyridine rings is 2. The third-order valence-corrected chi connectivity index (χ3v) is 6.46. The van der Waals surface area contributed by atoms with Crippen LogP contribution in [0.3, 0.4) is 0 Å². The Morgan fingerprint density at radius 2 is 1.94 bits per heavy atom. The van der Waals surface area contributed by atoms with Crippen LogP contribution in [0.1, 0.15) is 17.1 Å². The Balaban J connectivity index is 1.51. The minimum atomic E-state index is -3.25. The number of sulfonamides is 1. The summed E-state index contributed by atoms with van der Waals surface area (Å²) < 4.78 is 26.7. The first-order valence-corrected chi connectivity index (χ1v) is 11.6. The summed E-state index contributed by atoms with van der Waals surface area (Å²) in [7, 11) is -1.37. The Labute approximate surface area is 179 Å². The summed E-state index contributed by atoms with van der Waals surface area (Å²) in [6, 6.07) is 9.77. The fraction of sp³-hybridized carbons (Fsp3) is 0.238. The summed E-state index contributed by atoms with van der Waals surface area (Å²) in [6.45, 7) is 2.53. The maximum Gasteiger partial charge on any atom is 0.211 e. The standard InChI is InChI=1S/C21H21N7O2S/c1-13-5-4-6-16(23-13)20-15(10-27(2)26-20)14-7-8-22-17(9-14)21-24-18-11-28(31(3,29)30)12-19(18)25-21/h4-10H,11-12H2,1-3H3,(H,24,25). The van der Waals surface area contributed by atoms with Gasteiger partial charge in [-0.05, 0) is 36.8 Å². The third-order valence-electron chi connectivity index (χ3n) is 5.27. The van der Waals surface area contributed by atoms with E-state index in [1.165, 1.54) is 10.6 Å². The Bertz CT molecular complexity index is 1380. The smallest absolute Gasteiger partial charge is 0.211 e. The topological polar surface area (TPSA) is 110 Å². The van der Waals surface area contributed by atoms with Gasteiger partial charge in [0.15, 0.2) is 5.82 Å². The largest absolute Gasteiger partial charge is 0.339 e. The molecular formula is C21H21N7O2S. The molecule has 0 spiro atoms. The van der Waals surface area contributed by atoms with E-state index < -0.39 is 10.0 Å². The SMILES string of the molecule is Cc1cccc(-c2nn(C)cc2-c2ccnc(-c3nc4c([nH]3)CN(S(C)(=O)=O)C4)c2)n1. The lowest BCUT2D eigenvalue weighted by molar-refractivity contribution is 0.431. The van der Waals surface area contributed by atoms with Gasteiger partial charge in [-0.15, -0.1) is 0 Å². The fourth-order valence-electron chi connectivity index (χ4n) is 3.75. The molecule has 0 fully saturated rings. The van der Waals surface area contributed by atoms with Crippen molar-refractivity contribution in [1.82, 2.24) is 34.0 Å². The first-order valence-electron chi connectivity index (χ1n) is 9.75. The van der Waals surface area contributed by atoms with Gasteiger partial charge in [0.05, 0.1) is 36.4 Å². The van der Waals surface area contributed by atoms with Crippen LogP contribution in [-0.2, 0) is 30.2 Å². The maximum atomic E-state index is 11.8. The molecule has 5 rings (SSSR count). The Hall–Kier alpha value is -3.37. The molecule has 9 nitrogen and oxygen atoms in total. The van der Waals surface area contributed by atoms with Crippen molar-refractivity contribution in [1.29, 1.82) is 0 Å². The van der Waals surface area contributed by atoms with Crippen LogP contribution in [0, 0.1) is 6.92 Å². The number of imidazole rings is 1. The van der Waals surface area contributed by atoms with Crippen molar-refractivity contribution < 1.29 is 8.42 Å². The molecule has 1 N–H and O–H groups in total. The highest BCUT2D eigenvalue weighted by Crippen LogP contribution is 2.32. The van der Waals surface area contributed by atoms with Crippen LogP contribution in [0.4, 0.5) is 0 Å². The summed E-state index contributed by atoms with van der Waals surface area (Å²) in [5, 5.41) is 4.62. The summed E-state index contributed by atoms with van der Waals surface area (Å²) in [5.74, 6) is 0.624. The average molecular weight is 436 g/mol. The average Bonchev–Trinajstić information content (AvgIpc) is 3.40. The van der Waals surface area contributed by atoms with E-state index in [9.17, 15) is 8.42 Å². The number of nitrogens with zero attached hydrogens (tertiary/aromatic N) is 6. The molecule has 1 aliphatic heterocycles. The number of hydrogen-bond donors (Lipinski definition) is 1. The fourth-order valence-corrected chi connectivity index (χ4v) is 4.47.